The molecule has 2 aliphatic heterocycles. The lowest BCUT2D eigenvalue weighted by atomic mass is 10.2. The van der Waals surface area contributed by atoms with E-state index in [0.29, 0.717) is 12.2 Å². The highest BCUT2D eigenvalue weighted by atomic mass is 16.5. The standard InChI is InChI=1S/C12H18N4O/c1-8-14-11(13-2)5-12(15-8)16-6-9-3-4-10(7-16)17-9/h5,9-10H,3-4,6-7H2,1-2H3,(H,13,14,15). The van der Waals surface area contributed by atoms with Crippen LogP contribution in [0.25, 0.3) is 0 Å². The first-order valence-electron chi connectivity index (χ1n) is 6.18. The summed E-state index contributed by atoms with van der Waals surface area (Å²) in [6.45, 7) is 3.84. The van der Waals surface area contributed by atoms with E-state index in [1.807, 2.05) is 20.0 Å². The van der Waals surface area contributed by atoms with E-state index < -0.39 is 0 Å². The number of fused-ring (bicyclic) bond motifs is 2. The Morgan fingerprint density at radius 3 is 2.65 bits per heavy atom. The van der Waals surface area contributed by atoms with Crippen LogP contribution in [0, 0.1) is 6.92 Å². The van der Waals surface area contributed by atoms with E-state index in [4.69, 9.17) is 4.74 Å². The molecule has 1 aromatic heterocycles. The molecule has 2 saturated heterocycles. The first-order chi connectivity index (χ1) is 8.24. The number of ether oxygens (including phenoxy) is 1. The minimum atomic E-state index is 0.391. The molecule has 0 radical (unpaired) electrons. The molecule has 0 spiro atoms. The van der Waals surface area contributed by atoms with Gasteiger partial charge in [0, 0.05) is 26.2 Å². The third-order valence-corrected chi connectivity index (χ3v) is 3.45. The predicted octanol–water partition coefficient (Wildman–Crippen LogP) is 1.19. The van der Waals surface area contributed by atoms with Crippen LogP contribution in [-0.2, 0) is 4.74 Å². The molecule has 0 aliphatic carbocycles. The smallest absolute Gasteiger partial charge is 0.134 e. The van der Waals surface area contributed by atoms with E-state index in [0.717, 1.165) is 30.5 Å². The molecule has 0 aromatic carbocycles. The van der Waals surface area contributed by atoms with Gasteiger partial charge in [0.25, 0.3) is 0 Å². The van der Waals surface area contributed by atoms with Crippen molar-refractivity contribution in [3.8, 4) is 0 Å². The fourth-order valence-electron chi connectivity index (χ4n) is 2.64. The van der Waals surface area contributed by atoms with Gasteiger partial charge in [-0.2, -0.15) is 0 Å². The monoisotopic (exact) mass is 234 g/mol. The molecular formula is C12H18N4O. The Balaban J connectivity index is 1.86. The van der Waals surface area contributed by atoms with Gasteiger partial charge < -0.3 is 15.0 Å². The second-order valence-electron chi connectivity index (χ2n) is 4.77. The van der Waals surface area contributed by atoms with Crippen LogP contribution in [0.1, 0.15) is 18.7 Å². The Bertz CT molecular complexity index is 411. The molecule has 2 bridgehead atoms. The lowest BCUT2D eigenvalue weighted by Gasteiger charge is -2.33. The fraction of sp³-hybridized carbons (Fsp3) is 0.667. The summed E-state index contributed by atoms with van der Waals surface area (Å²) in [5, 5.41) is 3.08. The Labute approximate surface area is 101 Å². The highest BCUT2D eigenvalue weighted by Crippen LogP contribution is 2.29. The number of rotatable bonds is 2. The zero-order valence-corrected chi connectivity index (χ0v) is 10.3. The quantitative estimate of drug-likeness (QED) is 0.833. The zero-order chi connectivity index (χ0) is 11.8. The fourth-order valence-corrected chi connectivity index (χ4v) is 2.64. The number of anilines is 2. The van der Waals surface area contributed by atoms with Gasteiger partial charge in [-0.15, -0.1) is 0 Å². The number of morpholine rings is 1. The van der Waals surface area contributed by atoms with Crippen molar-refractivity contribution < 1.29 is 4.74 Å². The van der Waals surface area contributed by atoms with Crippen molar-refractivity contribution in [2.75, 3.05) is 30.4 Å². The van der Waals surface area contributed by atoms with Crippen molar-refractivity contribution in [2.24, 2.45) is 0 Å². The SMILES string of the molecule is CNc1cc(N2CC3CCC(C2)O3)nc(C)n1. The van der Waals surface area contributed by atoms with Gasteiger partial charge in [0.05, 0.1) is 12.2 Å². The van der Waals surface area contributed by atoms with Gasteiger partial charge in [0.2, 0.25) is 0 Å². The molecule has 3 rings (SSSR count). The minimum absolute atomic E-state index is 0.391. The molecular weight excluding hydrogens is 216 g/mol. The molecule has 92 valence electrons. The summed E-state index contributed by atoms with van der Waals surface area (Å²) >= 11 is 0. The maximum Gasteiger partial charge on any atom is 0.134 e. The zero-order valence-electron chi connectivity index (χ0n) is 10.3. The van der Waals surface area contributed by atoms with Crippen LogP contribution in [0.15, 0.2) is 6.07 Å². The molecule has 17 heavy (non-hydrogen) atoms. The molecule has 3 heterocycles. The summed E-state index contributed by atoms with van der Waals surface area (Å²) in [4.78, 5) is 11.2. The normalized spacial score (nSPS) is 27.3. The summed E-state index contributed by atoms with van der Waals surface area (Å²) in [6.07, 6.45) is 3.15. The van der Waals surface area contributed by atoms with Crippen LogP contribution in [0.5, 0.6) is 0 Å². The van der Waals surface area contributed by atoms with E-state index in [-0.39, 0.29) is 0 Å². The van der Waals surface area contributed by atoms with Crippen LogP contribution in [0.2, 0.25) is 0 Å². The molecule has 2 unspecified atom stereocenters. The first-order valence-corrected chi connectivity index (χ1v) is 6.18. The van der Waals surface area contributed by atoms with Gasteiger partial charge in [0.15, 0.2) is 0 Å². The Morgan fingerprint density at radius 1 is 1.29 bits per heavy atom. The average molecular weight is 234 g/mol. The lowest BCUT2D eigenvalue weighted by Crippen LogP contribution is -2.43. The van der Waals surface area contributed by atoms with Gasteiger partial charge in [-0.3, -0.25) is 0 Å². The molecule has 1 aromatic rings. The molecule has 5 nitrogen and oxygen atoms in total. The van der Waals surface area contributed by atoms with Crippen molar-refractivity contribution in [2.45, 2.75) is 32.0 Å². The summed E-state index contributed by atoms with van der Waals surface area (Å²) in [6, 6.07) is 2.01. The number of nitrogens with zero attached hydrogens (tertiary/aromatic N) is 3. The van der Waals surface area contributed by atoms with E-state index in [9.17, 15) is 0 Å². The largest absolute Gasteiger partial charge is 0.373 e. The lowest BCUT2D eigenvalue weighted by molar-refractivity contribution is 0.0302. The molecule has 2 atom stereocenters. The minimum Gasteiger partial charge on any atom is -0.373 e. The molecule has 5 heteroatoms. The van der Waals surface area contributed by atoms with Crippen molar-refractivity contribution in [3.05, 3.63) is 11.9 Å². The second-order valence-corrected chi connectivity index (χ2v) is 4.77. The van der Waals surface area contributed by atoms with Crippen molar-refractivity contribution in [1.82, 2.24) is 9.97 Å². The first kappa shape index (κ1) is 10.8. The van der Waals surface area contributed by atoms with Crippen LogP contribution in [-0.4, -0.2) is 42.3 Å². The van der Waals surface area contributed by atoms with Gasteiger partial charge >= 0.3 is 0 Å². The second kappa shape index (κ2) is 4.14. The number of hydrogen-bond acceptors (Lipinski definition) is 5. The molecule has 2 aliphatic rings. The third-order valence-electron chi connectivity index (χ3n) is 3.45. The van der Waals surface area contributed by atoms with E-state index >= 15 is 0 Å². The van der Waals surface area contributed by atoms with Crippen LogP contribution in [0.4, 0.5) is 11.6 Å². The Hall–Kier alpha value is -1.36. The van der Waals surface area contributed by atoms with Gasteiger partial charge in [-0.25, -0.2) is 9.97 Å². The summed E-state index contributed by atoms with van der Waals surface area (Å²) < 4.78 is 5.84. The van der Waals surface area contributed by atoms with Crippen LogP contribution < -0.4 is 10.2 Å². The number of nitrogens with one attached hydrogen (secondary N) is 1. The molecule has 0 saturated carbocycles. The van der Waals surface area contributed by atoms with E-state index in [1.54, 1.807) is 0 Å². The Kier molecular flexibility index (Phi) is 2.63. The number of hydrogen-bond donors (Lipinski definition) is 1. The van der Waals surface area contributed by atoms with E-state index in [2.05, 4.69) is 20.2 Å². The maximum absolute atomic E-state index is 5.84. The van der Waals surface area contributed by atoms with Gasteiger partial charge in [-0.1, -0.05) is 0 Å². The number of aromatic nitrogens is 2. The summed E-state index contributed by atoms with van der Waals surface area (Å²) in [5.74, 6) is 2.71. The van der Waals surface area contributed by atoms with Crippen LogP contribution in [0.3, 0.4) is 0 Å². The van der Waals surface area contributed by atoms with Crippen LogP contribution >= 0.6 is 0 Å². The average Bonchev–Trinajstić information content (AvgIpc) is 2.67. The van der Waals surface area contributed by atoms with Crippen molar-refractivity contribution >= 4 is 11.6 Å². The summed E-state index contributed by atoms with van der Waals surface area (Å²) in [5.41, 5.74) is 0. The highest BCUT2D eigenvalue weighted by molar-refractivity contribution is 5.49. The highest BCUT2D eigenvalue weighted by Gasteiger charge is 2.34. The predicted molar refractivity (Wildman–Crippen MR) is 66.4 cm³/mol. The topological polar surface area (TPSA) is 50.3 Å². The number of aryl methyl sites for hydroxylation is 1. The third kappa shape index (κ3) is 2.07. The molecule has 0 amide bonds. The molecule has 2 fully saturated rings. The molecule has 1 N–H and O–H groups in total. The van der Waals surface area contributed by atoms with Gasteiger partial charge in [-0.05, 0) is 19.8 Å². The maximum atomic E-state index is 5.84. The Morgan fingerprint density at radius 2 is 2.00 bits per heavy atom. The van der Waals surface area contributed by atoms with Crippen molar-refractivity contribution in [1.29, 1.82) is 0 Å². The van der Waals surface area contributed by atoms with Crippen molar-refractivity contribution in [3.63, 3.8) is 0 Å². The van der Waals surface area contributed by atoms with Gasteiger partial charge in [0.1, 0.15) is 17.5 Å². The summed E-state index contributed by atoms with van der Waals surface area (Å²) in [7, 11) is 1.88. The van der Waals surface area contributed by atoms with E-state index in [1.165, 1.54) is 12.8 Å².